The first-order valence-electron chi connectivity index (χ1n) is 6.65. The molecule has 0 unspecified atom stereocenters. The fourth-order valence-corrected chi connectivity index (χ4v) is 2.41. The van der Waals surface area contributed by atoms with Crippen LogP contribution in [0.1, 0.15) is 32.2 Å². The third-order valence-corrected chi connectivity index (χ3v) is 3.64. The SMILES string of the molecule is CNc1nc(C(C)(C)C)nc(-c2cccc(Br)c2)c1C. The van der Waals surface area contributed by atoms with Crippen molar-refractivity contribution in [2.75, 3.05) is 12.4 Å². The highest BCUT2D eigenvalue weighted by Crippen LogP contribution is 2.30. The standard InChI is InChI=1S/C16H20BrN3/c1-10-13(11-7-6-8-12(17)9-11)19-15(16(2,3)4)20-14(10)18-5/h6-9H,1-5H3,(H,18,19,20). The molecule has 0 spiro atoms. The highest BCUT2D eigenvalue weighted by molar-refractivity contribution is 9.10. The van der Waals surface area contributed by atoms with Crippen molar-refractivity contribution in [3.8, 4) is 11.3 Å². The molecule has 1 aromatic carbocycles. The van der Waals surface area contributed by atoms with E-state index in [0.29, 0.717) is 0 Å². The molecule has 4 heteroatoms. The molecule has 0 aliphatic rings. The summed E-state index contributed by atoms with van der Waals surface area (Å²) in [6, 6.07) is 8.20. The first-order chi connectivity index (χ1) is 9.32. The van der Waals surface area contributed by atoms with Gasteiger partial charge in [-0.05, 0) is 19.1 Å². The molecule has 2 rings (SSSR count). The third-order valence-electron chi connectivity index (χ3n) is 3.15. The number of halogens is 1. The molecule has 1 aromatic heterocycles. The smallest absolute Gasteiger partial charge is 0.136 e. The Bertz CT molecular complexity index is 630. The second-order valence-corrected chi connectivity index (χ2v) is 6.80. The molecule has 1 heterocycles. The number of hydrogen-bond acceptors (Lipinski definition) is 3. The second-order valence-electron chi connectivity index (χ2n) is 5.88. The van der Waals surface area contributed by atoms with Gasteiger partial charge in [-0.25, -0.2) is 9.97 Å². The van der Waals surface area contributed by atoms with E-state index < -0.39 is 0 Å². The van der Waals surface area contributed by atoms with Crippen LogP contribution >= 0.6 is 15.9 Å². The van der Waals surface area contributed by atoms with Crippen LogP contribution in [0.25, 0.3) is 11.3 Å². The van der Waals surface area contributed by atoms with Crippen LogP contribution in [0.3, 0.4) is 0 Å². The topological polar surface area (TPSA) is 37.8 Å². The molecule has 0 aliphatic carbocycles. The minimum atomic E-state index is -0.0833. The minimum absolute atomic E-state index is 0.0833. The maximum absolute atomic E-state index is 4.79. The van der Waals surface area contributed by atoms with Crippen LogP contribution in [0.2, 0.25) is 0 Å². The number of nitrogens with zero attached hydrogens (tertiary/aromatic N) is 2. The Kier molecular flexibility index (Phi) is 4.14. The quantitative estimate of drug-likeness (QED) is 0.875. The molecular weight excluding hydrogens is 314 g/mol. The highest BCUT2D eigenvalue weighted by Gasteiger charge is 2.21. The molecule has 0 atom stereocenters. The second kappa shape index (κ2) is 5.52. The molecule has 0 radical (unpaired) electrons. The summed E-state index contributed by atoms with van der Waals surface area (Å²) in [5, 5.41) is 3.17. The van der Waals surface area contributed by atoms with Gasteiger partial charge in [0.15, 0.2) is 0 Å². The Hall–Kier alpha value is -1.42. The predicted molar refractivity (Wildman–Crippen MR) is 88.2 cm³/mol. The molecule has 1 N–H and O–H groups in total. The monoisotopic (exact) mass is 333 g/mol. The Morgan fingerprint density at radius 1 is 1.15 bits per heavy atom. The minimum Gasteiger partial charge on any atom is -0.373 e. The summed E-state index contributed by atoms with van der Waals surface area (Å²) in [6.45, 7) is 8.43. The molecule has 106 valence electrons. The van der Waals surface area contributed by atoms with Crippen LogP contribution in [-0.2, 0) is 5.41 Å². The molecule has 3 nitrogen and oxygen atoms in total. The van der Waals surface area contributed by atoms with Crippen molar-refractivity contribution in [3.05, 3.63) is 40.1 Å². The number of hydrogen-bond donors (Lipinski definition) is 1. The van der Waals surface area contributed by atoms with Crippen LogP contribution in [0.15, 0.2) is 28.7 Å². The maximum atomic E-state index is 4.79. The Morgan fingerprint density at radius 2 is 1.85 bits per heavy atom. The van der Waals surface area contributed by atoms with E-state index in [-0.39, 0.29) is 5.41 Å². The van der Waals surface area contributed by atoms with E-state index >= 15 is 0 Å². The fourth-order valence-electron chi connectivity index (χ4n) is 2.01. The van der Waals surface area contributed by atoms with E-state index in [1.54, 1.807) is 0 Å². The van der Waals surface area contributed by atoms with Gasteiger partial charge in [-0.2, -0.15) is 0 Å². The molecule has 0 saturated heterocycles. The van der Waals surface area contributed by atoms with E-state index in [0.717, 1.165) is 32.9 Å². The van der Waals surface area contributed by atoms with Crippen molar-refractivity contribution in [1.29, 1.82) is 0 Å². The van der Waals surface area contributed by atoms with E-state index in [9.17, 15) is 0 Å². The van der Waals surface area contributed by atoms with Crippen molar-refractivity contribution in [2.24, 2.45) is 0 Å². The van der Waals surface area contributed by atoms with Gasteiger partial charge in [-0.1, -0.05) is 48.8 Å². The lowest BCUT2D eigenvalue weighted by Gasteiger charge is -2.20. The molecule has 0 bridgehead atoms. The van der Waals surface area contributed by atoms with E-state index in [1.165, 1.54) is 0 Å². The summed E-state index contributed by atoms with van der Waals surface area (Å²) in [6.07, 6.45) is 0. The molecular formula is C16H20BrN3. The van der Waals surface area contributed by atoms with Gasteiger partial charge >= 0.3 is 0 Å². The summed E-state index contributed by atoms with van der Waals surface area (Å²) in [5.41, 5.74) is 3.07. The number of anilines is 1. The summed E-state index contributed by atoms with van der Waals surface area (Å²) < 4.78 is 1.05. The van der Waals surface area contributed by atoms with Crippen molar-refractivity contribution in [3.63, 3.8) is 0 Å². The lowest BCUT2D eigenvalue weighted by Crippen LogP contribution is -2.18. The molecule has 0 aliphatic heterocycles. The molecule has 0 amide bonds. The summed E-state index contributed by atoms with van der Waals surface area (Å²) in [5.74, 6) is 1.74. The van der Waals surface area contributed by atoms with Gasteiger partial charge in [0, 0.05) is 28.1 Å². The first-order valence-corrected chi connectivity index (χ1v) is 7.45. The lowest BCUT2D eigenvalue weighted by molar-refractivity contribution is 0.546. The average molecular weight is 334 g/mol. The number of benzene rings is 1. The number of rotatable bonds is 2. The molecule has 0 saturated carbocycles. The van der Waals surface area contributed by atoms with Gasteiger partial charge in [0.1, 0.15) is 11.6 Å². The van der Waals surface area contributed by atoms with Crippen molar-refractivity contribution in [1.82, 2.24) is 9.97 Å². The molecule has 2 aromatic rings. The zero-order chi connectivity index (χ0) is 14.9. The van der Waals surface area contributed by atoms with Crippen LogP contribution < -0.4 is 5.32 Å². The Morgan fingerprint density at radius 3 is 2.40 bits per heavy atom. The van der Waals surface area contributed by atoms with Crippen LogP contribution in [0.5, 0.6) is 0 Å². The average Bonchev–Trinajstić information content (AvgIpc) is 2.37. The van der Waals surface area contributed by atoms with Gasteiger partial charge in [-0.3, -0.25) is 0 Å². The largest absolute Gasteiger partial charge is 0.373 e. The Balaban J connectivity index is 2.68. The predicted octanol–water partition coefficient (Wildman–Crippen LogP) is 4.55. The van der Waals surface area contributed by atoms with Crippen LogP contribution in [-0.4, -0.2) is 17.0 Å². The summed E-state index contributed by atoms with van der Waals surface area (Å²) in [7, 11) is 1.90. The van der Waals surface area contributed by atoms with Crippen molar-refractivity contribution in [2.45, 2.75) is 33.1 Å². The zero-order valence-electron chi connectivity index (χ0n) is 12.6. The van der Waals surface area contributed by atoms with Gasteiger partial charge in [0.2, 0.25) is 0 Å². The lowest BCUT2D eigenvalue weighted by atomic mass is 9.95. The van der Waals surface area contributed by atoms with Gasteiger partial charge < -0.3 is 5.32 Å². The third kappa shape index (κ3) is 3.01. The van der Waals surface area contributed by atoms with Gasteiger partial charge in [0.25, 0.3) is 0 Å². The van der Waals surface area contributed by atoms with Gasteiger partial charge in [-0.15, -0.1) is 0 Å². The van der Waals surface area contributed by atoms with Crippen molar-refractivity contribution < 1.29 is 0 Å². The maximum Gasteiger partial charge on any atom is 0.136 e. The summed E-state index contributed by atoms with van der Waals surface area (Å²) >= 11 is 3.52. The van der Waals surface area contributed by atoms with Crippen molar-refractivity contribution >= 4 is 21.7 Å². The fraction of sp³-hybridized carbons (Fsp3) is 0.375. The van der Waals surface area contributed by atoms with Crippen LogP contribution in [0.4, 0.5) is 5.82 Å². The normalized spacial score (nSPS) is 11.5. The van der Waals surface area contributed by atoms with E-state index in [1.807, 2.05) is 19.2 Å². The van der Waals surface area contributed by atoms with E-state index in [4.69, 9.17) is 4.98 Å². The number of aromatic nitrogens is 2. The Labute approximate surface area is 129 Å². The highest BCUT2D eigenvalue weighted by atomic mass is 79.9. The summed E-state index contributed by atoms with van der Waals surface area (Å²) in [4.78, 5) is 9.43. The van der Waals surface area contributed by atoms with E-state index in [2.05, 4.69) is 66.1 Å². The number of nitrogens with one attached hydrogen (secondary N) is 1. The zero-order valence-corrected chi connectivity index (χ0v) is 14.2. The molecule has 20 heavy (non-hydrogen) atoms. The van der Waals surface area contributed by atoms with Crippen LogP contribution in [0, 0.1) is 6.92 Å². The molecule has 0 fully saturated rings. The van der Waals surface area contributed by atoms with Gasteiger partial charge in [0.05, 0.1) is 5.69 Å². The first kappa shape index (κ1) is 15.0.